The first-order chi connectivity index (χ1) is 17.5. The standard InChI is InChI=1S/C28H20I2N2O2S2/c1-2-11-34-26-20(29)13-16(14-21(26)30)15-23-27(33)32-25(22-8-5-12-35-22)19-10-9-17-6-3-4-7-18(17)24(19)31-28(32)36-23/h2-8,12-15,25H,1,9-11H2/b23-15-. The molecule has 0 fully saturated rings. The molecule has 0 saturated heterocycles. The van der Waals surface area contributed by atoms with Crippen LogP contribution in [0.15, 0.2) is 81.9 Å². The molecule has 0 amide bonds. The van der Waals surface area contributed by atoms with Crippen LogP contribution in [0.2, 0.25) is 0 Å². The van der Waals surface area contributed by atoms with Crippen molar-refractivity contribution in [1.29, 1.82) is 0 Å². The number of benzene rings is 2. The van der Waals surface area contributed by atoms with Gasteiger partial charge >= 0.3 is 0 Å². The van der Waals surface area contributed by atoms with Crippen LogP contribution in [0, 0.1) is 7.14 Å². The normalized spacial score (nSPS) is 16.7. The van der Waals surface area contributed by atoms with Gasteiger partial charge < -0.3 is 4.74 Å². The molecule has 0 saturated carbocycles. The van der Waals surface area contributed by atoms with Crippen molar-refractivity contribution in [2.45, 2.75) is 18.9 Å². The molecule has 1 aliphatic heterocycles. The number of hydrogen-bond donors (Lipinski definition) is 0. The highest BCUT2D eigenvalue weighted by atomic mass is 127. The third-order valence-electron chi connectivity index (χ3n) is 6.35. The number of aryl methyl sites for hydroxylation is 1. The first-order valence-corrected chi connectivity index (χ1v) is 15.3. The maximum atomic E-state index is 13.8. The quantitative estimate of drug-likeness (QED) is 0.183. The van der Waals surface area contributed by atoms with E-state index in [1.165, 1.54) is 32.9 Å². The molecule has 0 N–H and O–H groups in total. The summed E-state index contributed by atoms with van der Waals surface area (Å²) in [4.78, 5) is 20.9. The molecule has 1 unspecified atom stereocenters. The Morgan fingerprint density at radius 1 is 1.14 bits per heavy atom. The SMILES string of the molecule is C=CCOc1c(I)cc(/C=c2\sc3n(c2=O)C(c2cccs2)C2=C(N=3)c3ccccc3CC2)cc1I. The Hall–Kier alpha value is -2.02. The predicted molar refractivity (Wildman–Crippen MR) is 165 cm³/mol. The van der Waals surface area contributed by atoms with Gasteiger partial charge in [-0.25, -0.2) is 4.99 Å². The number of fused-ring (bicyclic) bond motifs is 3. The summed E-state index contributed by atoms with van der Waals surface area (Å²) in [7, 11) is 0. The highest BCUT2D eigenvalue weighted by Crippen LogP contribution is 2.42. The second-order valence-electron chi connectivity index (χ2n) is 8.54. The Morgan fingerprint density at radius 2 is 1.94 bits per heavy atom. The highest BCUT2D eigenvalue weighted by Gasteiger charge is 2.33. The van der Waals surface area contributed by atoms with Crippen LogP contribution in [-0.4, -0.2) is 11.2 Å². The van der Waals surface area contributed by atoms with Crippen molar-refractivity contribution in [3.8, 4) is 5.75 Å². The zero-order valence-corrected chi connectivity index (χ0v) is 25.0. The van der Waals surface area contributed by atoms with Gasteiger partial charge in [0.1, 0.15) is 12.4 Å². The Kier molecular flexibility index (Phi) is 6.78. The summed E-state index contributed by atoms with van der Waals surface area (Å²) in [5.41, 5.74) is 5.78. The van der Waals surface area contributed by atoms with Crippen LogP contribution in [0.3, 0.4) is 0 Å². The summed E-state index contributed by atoms with van der Waals surface area (Å²) in [5, 5.41) is 2.09. The molecule has 1 atom stereocenters. The molecule has 0 bridgehead atoms. The molecule has 2 aromatic carbocycles. The van der Waals surface area contributed by atoms with Crippen LogP contribution in [0.1, 0.15) is 34.0 Å². The van der Waals surface area contributed by atoms with Crippen LogP contribution in [0.25, 0.3) is 11.8 Å². The van der Waals surface area contributed by atoms with E-state index in [2.05, 4.69) is 106 Å². The summed E-state index contributed by atoms with van der Waals surface area (Å²) >= 11 is 7.74. The van der Waals surface area contributed by atoms with Gasteiger partial charge in [0, 0.05) is 10.4 Å². The molecule has 36 heavy (non-hydrogen) atoms. The third kappa shape index (κ3) is 4.25. The van der Waals surface area contributed by atoms with Crippen molar-refractivity contribution in [2.75, 3.05) is 6.61 Å². The highest BCUT2D eigenvalue weighted by molar-refractivity contribution is 14.1. The second kappa shape index (κ2) is 10.0. The molecule has 4 nitrogen and oxygen atoms in total. The molecule has 1 aliphatic carbocycles. The molecular formula is C28H20I2N2O2S2. The van der Waals surface area contributed by atoms with Gasteiger partial charge in [-0.2, -0.15) is 0 Å². The molecule has 3 heterocycles. The first-order valence-electron chi connectivity index (χ1n) is 11.4. The predicted octanol–water partition coefficient (Wildman–Crippen LogP) is 6.15. The molecule has 6 rings (SSSR count). The van der Waals surface area contributed by atoms with E-state index in [1.807, 2.05) is 10.6 Å². The monoisotopic (exact) mass is 734 g/mol. The number of nitrogens with zero attached hydrogens (tertiary/aromatic N) is 2. The lowest BCUT2D eigenvalue weighted by molar-refractivity contribution is 0.358. The number of thiazole rings is 1. The van der Waals surface area contributed by atoms with Crippen molar-refractivity contribution in [3.63, 3.8) is 0 Å². The van der Waals surface area contributed by atoms with Crippen molar-refractivity contribution in [2.24, 2.45) is 4.99 Å². The maximum absolute atomic E-state index is 13.8. The lowest BCUT2D eigenvalue weighted by atomic mass is 9.85. The Bertz CT molecular complexity index is 1690. The largest absolute Gasteiger partial charge is 0.487 e. The smallest absolute Gasteiger partial charge is 0.271 e. The minimum absolute atomic E-state index is 0.0135. The minimum atomic E-state index is -0.110. The van der Waals surface area contributed by atoms with E-state index < -0.39 is 0 Å². The molecule has 2 aromatic heterocycles. The molecule has 2 aliphatic rings. The van der Waals surface area contributed by atoms with Crippen LogP contribution in [0.4, 0.5) is 0 Å². The van der Waals surface area contributed by atoms with Gasteiger partial charge in [-0.3, -0.25) is 9.36 Å². The van der Waals surface area contributed by atoms with Crippen molar-refractivity contribution in [1.82, 2.24) is 4.57 Å². The number of rotatable bonds is 5. The third-order valence-corrected chi connectivity index (χ3v) is 9.86. The van der Waals surface area contributed by atoms with Crippen molar-refractivity contribution < 1.29 is 4.74 Å². The topological polar surface area (TPSA) is 43.6 Å². The Morgan fingerprint density at radius 3 is 2.69 bits per heavy atom. The van der Waals surface area contributed by atoms with E-state index in [0.29, 0.717) is 11.1 Å². The maximum Gasteiger partial charge on any atom is 0.271 e. The molecule has 0 spiro atoms. The fourth-order valence-electron chi connectivity index (χ4n) is 4.81. The number of hydrogen-bond acceptors (Lipinski definition) is 5. The molecule has 4 aromatic rings. The van der Waals surface area contributed by atoms with Crippen LogP contribution in [-0.2, 0) is 6.42 Å². The summed E-state index contributed by atoms with van der Waals surface area (Å²) in [6.07, 6.45) is 5.59. The van der Waals surface area contributed by atoms with E-state index in [4.69, 9.17) is 9.73 Å². The fraction of sp³-hybridized carbons (Fsp3) is 0.143. The van der Waals surface area contributed by atoms with E-state index in [-0.39, 0.29) is 11.6 Å². The average Bonchev–Trinajstić information content (AvgIpc) is 3.51. The number of aromatic nitrogens is 1. The van der Waals surface area contributed by atoms with Crippen LogP contribution in [0.5, 0.6) is 5.75 Å². The number of ether oxygens (including phenoxy) is 1. The first kappa shape index (κ1) is 24.3. The Balaban J connectivity index is 1.53. The van der Waals surface area contributed by atoms with Crippen molar-refractivity contribution in [3.05, 3.63) is 121 Å². The molecular weight excluding hydrogens is 714 g/mol. The minimum Gasteiger partial charge on any atom is -0.487 e. The molecule has 0 radical (unpaired) electrons. The second-order valence-corrected chi connectivity index (χ2v) is 12.9. The zero-order valence-electron chi connectivity index (χ0n) is 19.0. The van der Waals surface area contributed by atoms with Gasteiger partial charge in [-0.05, 0) is 104 Å². The lowest BCUT2D eigenvalue weighted by Crippen LogP contribution is -2.38. The van der Waals surface area contributed by atoms with E-state index in [1.54, 1.807) is 17.4 Å². The lowest BCUT2D eigenvalue weighted by Gasteiger charge is -2.30. The van der Waals surface area contributed by atoms with Gasteiger partial charge in [-0.15, -0.1) is 11.3 Å². The van der Waals surface area contributed by atoms with Gasteiger partial charge in [0.2, 0.25) is 0 Å². The van der Waals surface area contributed by atoms with Gasteiger partial charge in [-0.1, -0.05) is 54.3 Å². The average molecular weight is 734 g/mol. The van der Waals surface area contributed by atoms with Gasteiger partial charge in [0.05, 0.1) is 23.4 Å². The summed E-state index contributed by atoms with van der Waals surface area (Å²) < 4.78 is 10.4. The van der Waals surface area contributed by atoms with E-state index >= 15 is 0 Å². The van der Waals surface area contributed by atoms with Gasteiger partial charge in [0.25, 0.3) is 5.56 Å². The summed E-state index contributed by atoms with van der Waals surface area (Å²) in [6.45, 7) is 4.19. The summed E-state index contributed by atoms with van der Waals surface area (Å²) in [6, 6.07) is 16.7. The number of thiophene rings is 1. The zero-order chi connectivity index (χ0) is 24.8. The summed E-state index contributed by atoms with van der Waals surface area (Å²) in [5.74, 6) is 0.846. The van der Waals surface area contributed by atoms with Gasteiger partial charge in [0.15, 0.2) is 4.80 Å². The molecule has 180 valence electrons. The Labute approximate surface area is 243 Å². The van der Waals surface area contributed by atoms with Crippen LogP contribution >= 0.6 is 67.9 Å². The van der Waals surface area contributed by atoms with Crippen LogP contribution < -0.4 is 19.6 Å². The number of halogens is 2. The van der Waals surface area contributed by atoms with Crippen molar-refractivity contribution >= 4 is 79.6 Å². The molecule has 8 heteroatoms. The fourth-order valence-corrected chi connectivity index (χ4v) is 8.79. The van der Waals surface area contributed by atoms with E-state index in [0.717, 1.165) is 41.8 Å². The number of allylic oxidation sites excluding steroid dienone is 1. The van der Waals surface area contributed by atoms with E-state index in [9.17, 15) is 4.79 Å².